The summed E-state index contributed by atoms with van der Waals surface area (Å²) < 4.78 is 63.1. The Kier molecular flexibility index (Phi) is 17.9. The minimum atomic E-state index is -5.61. The number of fused-ring (bicyclic) bond motifs is 2. The van der Waals surface area contributed by atoms with E-state index < -0.39 is 36.8 Å². The zero-order chi connectivity index (χ0) is 46.7. The van der Waals surface area contributed by atoms with Gasteiger partial charge in [-0.3, -0.25) is 4.79 Å². The van der Waals surface area contributed by atoms with Gasteiger partial charge in [0.05, 0.1) is 5.92 Å². The average Bonchev–Trinajstić information content (AvgIpc) is 3.24. The van der Waals surface area contributed by atoms with Crippen molar-refractivity contribution in [1.29, 1.82) is 0 Å². The van der Waals surface area contributed by atoms with E-state index >= 15 is 0 Å². The van der Waals surface area contributed by atoms with E-state index in [1.54, 1.807) is 30.0 Å². The van der Waals surface area contributed by atoms with Crippen LogP contribution < -0.4 is 0 Å². The zero-order valence-electron chi connectivity index (χ0n) is 37.7. The van der Waals surface area contributed by atoms with Gasteiger partial charge in [-0.1, -0.05) is 131 Å². The molecule has 2 aliphatic rings. The summed E-state index contributed by atoms with van der Waals surface area (Å²) in [6.45, 7) is 13.0. The van der Waals surface area contributed by atoms with Gasteiger partial charge in [-0.2, -0.15) is 22.0 Å². The summed E-state index contributed by atoms with van der Waals surface area (Å²) in [5.41, 5.74) is 8.05. The molecule has 0 spiro atoms. The second-order valence-corrected chi connectivity index (χ2v) is 20.4. The molecule has 64 heavy (non-hydrogen) atoms. The number of rotatable bonds is 19. The van der Waals surface area contributed by atoms with Gasteiger partial charge in [0.15, 0.2) is 0 Å². The standard InChI is InChI=1S/C32H41F5O4S.C21H24S/c1-30(23-13-15-24(38)16-14-23)21-42-28-20-25(39)17-18-26(28)27(30)12-8-6-4-2-3-5-7-10-22(29(40)41)11-9-19-31(33,34)32(35,36)37;1-5-6-19-18-12-9-16(3)13-20(18)22-14-21(19,4)17-10-7-15(2)8-11-17/h13-18,20,22,27,38-39H,2-12,19,21H2,1H3,(H,40,41);5,7-13,19H,1,6,14H2,2-4H3/t22?,27-,30-;19-,21-/m11/s1. The van der Waals surface area contributed by atoms with Crippen molar-refractivity contribution in [3.8, 4) is 11.5 Å². The van der Waals surface area contributed by atoms with Crippen molar-refractivity contribution in [2.45, 2.75) is 156 Å². The van der Waals surface area contributed by atoms with E-state index in [2.05, 4.69) is 82.8 Å². The molecule has 4 nitrogen and oxygen atoms in total. The van der Waals surface area contributed by atoms with Crippen LogP contribution in [0.2, 0.25) is 0 Å². The third-order valence-corrected chi connectivity index (χ3v) is 16.3. The molecule has 11 heteroatoms. The number of phenols is 2. The summed E-state index contributed by atoms with van der Waals surface area (Å²) in [4.78, 5) is 14.0. The number of thioether (sulfide) groups is 2. The highest BCUT2D eigenvalue weighted by atomic mass is 32.2. The van der Waals surface area contributed by atoms with E-state index in [4.69, 9.17) is 0 Å². The molecule has 4 aromatic rings. The summed E-state index contributed by atoms with van der Waals surface area (Å²) >= 11 is 3.74. The number of carboxylic acids is 1. The van der Waals surface area contributed by atoms with Crippen LogP contribution >= 0.6 is 23.5 Å². The molecule has 1 unspecified atom stereocenters. The van der Waals surface area contributed by atoms with Gasteiger partial charge in [0.2, 0.25) is 0 Å². The average molecular weight is 925 g/mol. The topological polar surface area (TPSA) is 77.8 Å². The first kappa shape index (κ1) is 51.0. The van der Waals surface area contributed by atoms with Crippen LogP contribution in [0.1, 0.15) is 143 Å². The fraction of sp³-hybridized carbons (Fsp3) is 0.491. The van der Waals surface area contributed by atoms with Crippen LogP contribution in [0.3, 0.4) is 0 Å². The molecule has 0 bridgehead atoms. The summed E-state index contributed by atoms with van der Waals surface area (Å²) in [5.74, 6) is -3.61. The van der Waals surface area contributed by atoms with E-state index in [1.165, 1.54) is 38.3 Å². The quantitative estimate of drug-likeness (QED) is 0.0494. The molecule has 4 aromatic carbocycles. The normalized spacial score (nSPS) is 21.2. The van der Waals surface area contributed by atoms with Crippen molar-refractivity contribution in [1.82, 2.24) is 0 Å². The molecule has 2 heterocycles. The van der Waals surface area contributed by atoms with Crippen molar-refractivity contribution in [2.24, 2.45) is 5.92 Å². The Labute approximate surface area is 385 Å². The molecule has 0 amide bonds. The van der Waals surface area contributed by atoms with Crippen molar-refractivity contribution in [3.63, 3.8) is 0 Å². The highest BCUT2D eigenvalue weighted by Crippen LogP contribution is 2.54. The highest BCUT2D eigenvalue weighted by Gasteiger charge is 2.56. The number of aryl methyl sites for hydroxylation is 2. The molecule has 3 N–H and O–H groups in total. The van der Waals surface area contributed by atoms with E-state index in [0.717, 1.165) is 67.8 Å². The number of halogens is 5. The predicted molar refractivity (Wildman–Crippen MR) is 253 cm³/mol. The number of carboxylic acid groups (broad SMARTS) is 1. The third-order valence-electron chi connectivity index (χ3n) is 13.5. The number of allylic oxidation sites excluding steroid dienone is 1. The molecule has 348 valence electrons. The van der Waals surface area contributed by atoms with Crippen molar-refractivity contribution in [2.75, 3.05) is 11.5 Å². The van der Waals surface area contributed by atoms with Gasteiger partial charge < -0.3 is 15.3 Å². The Morgan fingerprint density at radius 1 is 0.688 bits per heavy atom. The fourth-order valence-corrected chi connectivity index (χ4v) is 12.3. The largest absolute Gasteiger partial charge is 0.508 e. The number of carbonyl (C=O) groups is 1. The van der Waals surface area contributed by atoms with Gasteiger partial charge in [-0.05, 0) is 110 Å². The summed E-state index contributed by atoms with van der Waals surface area (Å²) in [5, 5.41) is 29.1. The number of phenolic OH excluding ortho intramolecular Hbond substituents is 2. The number of aromatic hydroxyl groups is 2. The van der Waals surface area contributed by atoms with E-state index in [1.807, 2.05) is 36.0 Å². The first-order valence-electron chi connectivity index (χ1n) is 22.6. The molecule has 0 aliphatic carbocycles. The lowest BCUT2D eigenvalue weighted by Crippen LogP contribution is -2.36. The van der Waals surface area contributed by atoms with E-state index in [-0.39, 0.29) is 41.1 Å². The molecule has 0 fully saturated rings. The Balaban J connectivity index is 0.000000291. The Bertz CT molecular complexity index is 2140. The molecule has 0 saturated heterocycles. The van der Waals surface area contributed by atoms with Crippen LogP contribution in [0.25, 0.3) is 0 Å². The van der Waals surface area contributed by atoms with Crippen LogP contribution in [0.15, 0.2) is 107 Å². The third kappa shape index (κ3) is 12.9. The van der Waals surface area contributed by atoms with Gasteiger partial charge in [-0.15, -0.1) is 30.1 Å². The van der Waals surface area contributed by atoms with Gasteiger partial charge in [0, 0.05) is 38.5 Å². The smallest absolute Gasteiger partial charge is 0.453 e. The second-order valence-electron chi connectivity index (χ2n) is 18.4. The minimum Gasteiger partial charge on any atom is -0.508 e. The SMILES string of the molecule is C=CC[C@@H]1c2ccc(C)cc2SC[C@]1(C)c1ccc(C)cc1.C[C@]1(c2ccc(O)cc2)CSc2cc(O)ccc2[C@H]1CCCCCCCCCC(CCCC(F)(F)C(F)(F)F)C(=O)O. The first-order chi connectivity index (χ1) is 30.3. The molecular formula is C53H65F5O4S2. The lowest BCUT2D eigenvalue weighted by Gasteiger charge is -2.43. The maximum absolute atomic E-state index is 13.1. The van der Waals surface area contributed by atoms with Crippen molar-refractivity contribution in [3.05, 3.63) is 131 Å². The molecule has 0 saturated carbocycles. The maximum atomic E-state index is 13.1. The molecule has 6 rings (SSSR count). The Morgan fingerprint density at radius 3 is 1.77 bits per heavy atom. The van der Waals surface area contributed by atoms with Crippen LogP contribution in [0.5, 0.6) is 11.5 Å². The Morgan fingerprint density at radius 2 is 1.17 bits per heavy atom. The number of benzene rings is 4. The minimum absolute atomic E-state index is 0.133. The van der Waals surface area contributed by atoms with Crippen LogP contribution in [-0.2, 0) is 15.6 Å². The van der Waals surface area contributed by atoms with E-state index in [0.29, 0.717) is 12.3 Å². The number of alkyl halides is 5. The predicted octanol–water partition coefficient (Wildman–Crippen LogP) is 15.9. The molecule has 2 aliphatic heterocycles. The van der Waals surface area contributed by atoms with Gasteiger partial charge in [0.1, 0.15) is 11.5 Å². The summed E-state index contributed by atoms with van der Waals surface area (Å²) in [7, 11) is 0. The number of aliphatic carboxylic acids is 1. The zero-order valence-corrected chi connectivity index (χ0v) is 39.3. The molecular weight excluding hydrogens is 860 g/mol. The summed E-state index contributed by atoms with van der Waals surface area (Å²) in [6, 6.07) is 29.0. The summed E-state index contributed by atoms with van der Waals surface area (Å²) in [6.07, 6.45) is 3.05. The monoisotopic (exact) mass is 924 g/mol. The van der Waals surface area contributed by atoms with Gasteiger partial charge in [-0.25, -0.2) is 0 Å². The van der Waals surface area contributed by atoms with Crippen LogP contribution in [0, 0.1) is 19.8 Å². The lowest BCUT2D eigenvalue weighted by atomic mass is 9.68. The van der Waals surface area contributed by atoms with Crippen LogP contribution in [-0.4, -0.2) is 44.9 Å². The van der Waals surface area contributed by atoms with Crippen molar-refractivity contribution >= 4 is 29.5 Å². The van der Waals surface area contributed by atoms with Gasteiger partial charge >= 0.3 is 18.1 Å². The van der Waals surface area contributed by atoms with Crippen LogP contribution in [0.4, 0.5) is 22.0 Å². The van der Waals surface area contributed by atoms with Gasteiger partial charge in [0.25, 0.3) is 0 Å². The van der Waals surface area contributed by atoms with E-state index in [9.17, 15) is 42.1 Å². The number of unbranched alkanes of at least 4 members (excludes halogenated alkanes) is 6. The Hall–Kier alpha value is -3.96. The second kappa shape index (κ2) is 22.5. The van der Waals surface area contributed by atoms with Crippen molar-refractivity contribution < 1.29 is 42.1 Å². The first-order valence-corrected chi connectivity index (χ1v) is 24.6. The highest BCUT2D eigenvalue weighted by molar-refractivity contribution is 7.99. The maximum Gasteiger partial charge on any atom is 0.453 e. The molecule has 5 atom stereocenters. The lowest BCUT2D eigenvalue weighted by molar-refractivity contribution is -0.284. The number of hydrogen-bond donors (Lipinski definition) is 3. The fourth-order valence-electron chi connectivity index (χ4n) is 9.43. The molecule has 0 aromatic heterocycles. The number of hydrogen-bond acceptors (Lipinski definition) is 5. The molecule has 0 radical (unpaired) electrons.